The van der Waals surface area contributed by atoms with Crippen molar-refractivity contribution in [3.63, 3.8) is 0 Å². The number of anilines is 2. The Morgan fingerprint density at radius 2 is 1.94 bits per heavy atom. The van der Waals surface area contributed by atoms with Gasteiger partial charge in [0.1, 0.15) is 23.2 Å². The number of nitrogens with zero attached hydrogens (tertiary/aromatic N) is 2. The van der Waals surface area contributed by atoms with E-state index in [1.54, 1.807) is 12.1 Å². The van der Waals surface area contributed by atoms with Crippen LogP contribution in [0.1, 0.15) is 41.3 Å². The highest BCUT2D eigenvalue weighted by Gasteiger charge is 2.36. The minimum Gasteiger partial charge on any atom is -0.492 e. The summed E-state index contributed by atoms with van der Waals surface area (Å²) in [7, 11) is 0. The zero-order chi connectivity index (χ0) is 24.1. The lowest BCUT2D eigenvalue weighted by Crippen LogP contribution is -2.44. The number of hydrogen-bond donors (Lipinski definition) is 4. The first kappa shape index (κ1) is 23.4. The normalized spacial score (nSPS) is 16.8. The smallest absolute Gasteiger partial charge is 0.275 e. The molecule has 0 unspecified atom stereocenters. The zero-order valence-corrected chi connectivity index (χ0v) is 19.1. The van der Waals surface area contributed by atoms with Crippen molar-refractivity contribution in [2.45, 2.75) is 31.9 Å². The molecule has 1 aliphatic heterocycles. The summed E-state index contributed by atoms with van der Waals surface area (Å²) < 4.78 is 34.3. The van der Waals surface area contributed by atoms with Crippen molar-refractivity contribution in [3.8, 4) is 5.75 Å². The number of rotatable bonds is 6. The van der Waals surface area contributed by atoms with Gasteiger partial charge >= 0.3 is 0 Å². The van der Waals surface area contributed by atoms with Crippen molar-refractivity contribution in [1.82, 2.24) is 20.6 Å². The van der Waals surface area contributed by atoms with Crippen LogP contribution in [0, 0.1) is 0 Å². The van der Waals surface area contributed by atoms with Gasteiger partial charge in [0.25, 0.3) is 12.3 Å². The molecule has 4 N–H and O–H groups in total. The molecule has 0 fully saturated rings. The van der Waals surface area contributed by atoms with E-state index >= 15 is 0 Å². The Hall–Kier alpha value is -3.73. The second-order valence-corrected chi connectivity index (χ2v) is 7.97. The van der Waals surface area contributed by atoms with Crippen molar-refractivity contribution < 1.29 is 18.3 Å². The number of fused-ring (bicyclic) bond motifs is 1. The number of hydrazine groups is 1. The van der Waals surface area contributed by atoms with Gasteiger partial charge in [-0.05, 0) is 43.3 Å². The SMILES string of the molecule is CCOc1ccccc1NC(=S)NNC(=O)c1cnn2c1N[C@H](c1ccccc1)C[C@@H]2C(F)F. The van der Waals surface area contributed by atoms with Crippen LogP contribution in [-0.2, 0) is 0 Å². The van der Waals surface area contributed by atoms with Gasteiger partial charge in [-0.25, -0.2) is 13.5 Å². The molecule has 1 aliphatic rings. The van der Waals surface area contributed by atoms with E-state index < -0.39 is 18.4 Å². The van der Waals surface area contributed by atoms with E-state index in [0.717, 1.165) is 5.56 Å². The Labute approximate surface area is 200 Å². The summed E-state index contributed by atoms with van der Waals surface area (Å²) in [5, 5.41) is 10.3. The fraction of sp³-hybridized carbons (Fsp3) is 0.261. The van der Waals surface area contributed by atoms with E-state index in [1.807, 2.05) is 49.4 Å². The first-order valence-corrected chi connectivity index (χ1v) is 11.1. The average Bonchev–Trinajstić information content (AvgIpc) is 3.28. The van der Waals surface area contributed by atoms with Crippen LogP contribution in [0.2, 0.25) is 0 Å². The molecule has 0 radical (unpaired) electrons. The molecule has 2 atom stereocenters. The van der Waals surface area contributed by atoms with Crippen LogP contribution in [0.5, 0.6) is 5.75 Å². The lowest BCUT2D eigenvalue weighted by Gasteiger charge is -2.32. The second-order valence-electron chi connectivity index (χ2n) is 7.56. The molecule has 2 aromatic carbocycles. The van der Waals surface area contributed by atoms with Gasteiger partial charge in [0.05, 0.1) is 24.5 Å². The van der Waals surface area contributed by atoms with E-state index in [4.69, 9.17) is 17.0 Å². The monoisotopic (exact) mass is 486 g/mol. The van der Waals surface area contributed by atoms with Gasteiger partial charge in [-0.2, -0.15) is 5.10 Å². The highest BCUT2D eigenvalue weighted by atomic mass is 32.1. The topological polar surface area (TPSA) is 92.2 Å². The van der Waals surface area contributed by atoms with Crippen LogP contribution in [0.3, 0.4) is 0 Å². The Kier molecular flexibility index (Phi) is 7.21. The van der Waals surface area contributed by atoms with Crippen LogP contribution >= 0.6 is 12.2 Å². The van der Waals surface area contributed by atoms with Crippen molar-refractivity contribution in [2.24, 2.45) is 0 Å². The number of carbonyl (C=O) groups excluding carboxylic acids is 1. The molecule has 4 rings (SSSR count). The maximum absolute atomic E-state index is 13.8. The Morgan fingerprint density at radius 1 is 1.21 bits per heavy atom. The van der Waals surface area contributed by atoms with Crippen LogP contribution < -0.4 is 26.2 Å². The van der Waals surface area contributed by atoms with Crippen molar-refractivity contribution in [1.29, 1.82) is 0 Å². The number of halogens is 2. The molecule has 2 heterocycles. The maximum atomic E-state index is 13.8. The molecule has 0 spiro atoms. The molecule has 0 aliphatic carbocycles. The molecule has 3 aromatic rings. The molecule has 1 amide bonds. The number of nitrogens with one attached hydrogen (secondary N) is 4. The number of thiocarbonyl (C=S) groups is 1. The predicted molar refractivity (Wildman–Crippen MR) is 129 cm³/mol. The fourth-order valence-electron chi connectivity index (χ4n) is 3.79. The molecular weight excluding hydrogens is 462 g/mol. The average molecular weight is 487 g/mol. The Bertz CT molecular complexity index is 1160. The van der Waals surface area contributed by atoms with Crippen molar-refractivity contribution in [3.05, 3.63) is 71.9 Å². The standard InChI is InChI=1S/C23H24F2N6O2S/c1-2-33-19-11-7-6-10-16(19)28-23(34)30-29-22(32)15-13-26-31-18(20(24)25)12-17(27-21(15)31)14-8-4-3-5-9-14/h3-11,13,17-18,20,27H,2,12H2,1H3,(H,29,32)(H2,28,30,34)/t17-,18+/m0/s1. The second kappa shape index (κ2) is 10.5. The molecule has 34 heavy (non-hydrogen) atoms. The van der Waals surface area contributed by atoms with Gasteiger partial charge in [-0.15, -0.1) is 0 Å². The first-order valence-electron chi connectivity index (χ1n) is 10.7. The van der Waals surface area contributed by atoms with E-state index in [2.05, 4.69) is 26.6 Å². The molecule has 0 saturated carbocycles. The van der Waals surface area contributed by atoms with Gasteiger partial charge in [-0.3, -0.25) is 15.6 Å². The summed E-state index contributed by atoms with van der Waals surface area (Å²) in [6.45, 7) is 2.36. The summed E-state index contributed by atoms with van der Waals surface area (Å²) >= 11 is 5.26. The summed E-state index contributed by atoms with van der Waals surface area (Å²) in [6.07, 6.45) is -1.23. The number of carbonyl (C=O) groups is 1. The third-order valence-electron chi connectivity index (χ3n) is 5.36. The Morgan fingerprint density at radius 3 is 2.68 bits per heavy atom. The fourth-order valence-corrected chi connectivity index (χ4v) is 3.95. The number of hydrogen-bond acceptors (Lipinski definition) is 5. The number of ether oxygens (including phenoxy) is 1. The van der Waals surface area contributed by atoms with E-state index in [9.17, 15) is 13.6 Å². The number of para-hydroxylation sites is 2. The van der Waals surface area contributed by atoms with Gasteiger partial charge in [-0.1, -0.05) is 42.5 Å². The summed E-state index contributed by atoms with van der Waals surface area (Å²) in [4.78, 5) is 12.9. The van der Waals surface area contributed by atoms with Crippen LogP contribution in [0.25, 0.3) is 0 Å². The third kappa shape index (κ3) is 5.09. The summed E-state index contributed by atoms with van der Waals surface area (Å²) in [6, 6.07) is 14.9. The Balaban J connectivity index is 1.46. The highest BCUT2D eigenvalue weighted by molar-refractivity contribution is 7.80. The quantitative estimate of drug-likeness (QED) is 0.305. The third-order valence-corrected chi connectivity index (χ3v) is 5.56. The maximum Gasteiger partial charge on any atom is 0.275 e. The van der Waals surface area contributed by atoms with Crippen LogP contribution in [0.4, 0.5) is 20.3 Å². The lowest BCUT2D eigenvalue weighted by atomic mass is 9.97. The summed E-state index contributed by atoms with van der Waals surface area (Å²) in [5.41, 5.74) is 6.72. The van der Waals surface area contributed by atoms with Crippen LogP contribution in [-0.4, -0.2) is 33.8 Å². The van der Waals surface area contributed by atoms with E-state index in [1.165, 1.54) is 10.9 Å². The van der Waals surface area contributed by atoms with Crippen LogP contribution in [0.15, 0.2) is 60.8 Å². The minimum atomic E-state index is -2.64. The number of aromatic nitrogens is 2. The molecule has 8 nitrogen and oxygen atoms in total. The molecule has 1 aromatic heterocycles. The van der Waals surface area contributed by atoms with Gasteiger partial charge < -0.3 is 15.4 Å². The van der Waals surface area contributed by atoms with E-state index in [0.29, 0.717) is 18.0 Å². The zero-order valence-electron chi connectivity index (χ0n) is 18.3. The van der Waals surface area contributed by atoms with Gasteiger partial charge in [0.2, 0.25) is 0 Å². The lowest BCUT2D eigenvalue weighted by molar-refractivity contribution is 0.0656. The molecule has 11 heteroatoms. The molecular formula is C23H24F2N6O2S. The number of amides is 1. The van der Waals surface area contributed by atoms with E-state index in [-0.39, 0.29) is 29.0 Å². The molecule has 178 valence electrons. The summed E-state index contributed by atoms with van der Waals surface area (Å²) in [5.74, 6) is 0.267. The largest absolute Gasteiger partial charge is 0.492 e. The minimum absolute atomic E-state index is 0.122. The number of benzene rings is 2. The van der Waals surface area contributed by atoms with Gasteiger partial charge in [0, 0.05) is 0 Å². The van der Waals surface area contributed by atoms with Crippen molar-refractivity contribution >= 4 is 34.7 Å². The first-order chi connectivity index (χ1) is 16.5. The number of alkyl halides is 2. The molecule has 0 bridgehead atoms. The highest BCUT2D eigenvalue weighted by Crippen LogP contribution is 2.39. The predicted octanol–water partition coefficient (Wildman–Crippen LogP) is 4.28. The van der Waals surface area contributed by atoms with Crippen molar-refractivity contribution in [2.75, 3.05) is 17.2 Å². The molecule has 0 saturated heterocycles. The van der Waals surface area contributed by atoms with Gasteiger partial charge in [0.15, 0.2) is 5.11 Å².